The van der Waals surface area contributed by atoms with Crippen molar-refractivity contribution in [2.45, 2.75) is 6.42 Å². The molecule has 0 amide bonds. The van der Waals surface area contributed by atoms with Crippen LogP contribution in [0, 0.1) is 11.6 Å². The van der Waals surface area contributed by atoms with Crippen LogP contribution < -0.4 is 10.6 Å². The van der Waals surface area contributed by atoms with Crippen LogP contribution >= 0.6 is 0 Å². The second-order valence-corrected chi connectivity index (χ2v) is 3.78. The minimum absolute atomic E-state index is 0.0141. The van der Waals surface area contributed by atoms with Crippen molar-refractivity contribution < 1.29 is 18.3 Å². The van der Waals surface area contributed by atoms with E-state index >= 15 is 0 Å². The summed E-state index contributed by atoms with van der Waals surface area (Å²) in [6.45, 7) is 2.11. The van der Waals surface area contributed by atoms with Crippen LogP contribution in [0.15, 0.2) is 6.07 Å². The lowest BCUT2D eigenvalue weighted by molar-refractivity contribution is 0.0705. The van der Waals surface area contributed by atoms with Crippen LogP contribution in [0.3, 0.4) is 0 Å². The van der Waals surface area contributed by atoms with E-state index in [1.807, 2.05) is 0 Å². The summed E-state index contributed by atoms with van der Waals surface area (Å²) in [5, 5.41) is 5.36. The van der Waals surface area contributed by atoms with Gasteiger partial charge in [0, 0.05) is 33.4 Å². The first-order valence-corrected chi connectivity index (χ1v) is 6.03. The Morgan fingerprint density at radius 3 is 2.58 bits per heavy atom. The molecule has 1 aromatic heterocycles. The van der Waals surface area contributed by atoms with Crippen LogP contribution in [0.4, 0.5) is 20.4 Å². The summed E-state index contributed by atoms with van der Waals surface area (Å²) in [6.07, 6.45) is 0.692. The Morgan fingerprint density at radius 1 is 1.16 bits per heavy atom. The molecule has 0 fully saturated rings. The van der Waals surface area contributed by atoms with Gasteiger partial charge in [0.25, 0.3) is 0 Å². The predicted molar refractivity (Wildman–Crippen MR) is 69.5 cm³/mol. The molecule has 1 heterocycles. The summed E-state index contributed by atoms with van der Waals surface area (Å²) in [5.74, 6) is -1.38. The van der Waals surface area contributed by atoms with Crippen LogP contribution in [-0.4, -0.2) is 45.5 Å². The SMILES string of the molecule is CNc1nc(NCCCOCCOC)c(F)cc1F. The Hall–Kier alpha value is -1.47. The predicted octanol–water partition coefficient (Wildman–Crippen LogP) is 1.87. The maximum Gasteiger partial charge on any atom is 0.168 e. The van der Waals surface area contributed by atoms with Crippen LogP contribution in [0.2, 0.25) is 0 Å². The Kier molecular flexibility index (Phi) is 7.06. The molecule has 1 aromatic rings. The van der Waals surface area contributed by atoms with Crippen molar-refractivity contribution >= 4 is 11.6 Å². The Bertz CT molecular complexity index is 391. The van der Waals surface area contributed by atoms with Crippen LogP contribution in [0.1, 0.15) is 6.42 Å². The topological polar surface area (TPSA) is 55.4 Å². The summed E-state index contributed by atoms with van der Waals surface area (Å²) in [5.41, 5.74) is 0. The highest BCUT2D eigenvalue weighted by molar-refractivity contribution is 5.47. The molecule has 0 saturated heterocycles. The molecule has 0 bridgehead atoms. The lowest BCUT2D eigenvalue weighted by Crippen LogP contribution is -2.11. The van der Waals surface area contributed by atoms with Gasteiger partial charge in [0.15, 0.2) is 23.3 Å². The van der Waals surface area contributed by atoms with Gasteiger partial charge in [0.05, 0.1) is 13.2 Å². The number of anilines is 2. The number of nitrogens with one attached hydrogen (secondary N) is 2. The summed E-state index contributed by atoms with van der Waals surface area (Å²) < 4.78 is 36.7. The molecule has 0 aliphatic rings. The van der Waals surface area contributed by atoms with Crippen molar-refractivity contribution in [2.24, 2.45) is 0 Å². The number of ether oxygens (including phenoxy) is 2. The number of hydrogen-bond acceptors (Lipinski definition) is 5. The van der Waals surface area contributed by atoms with E-state index in [0.717, 1.165) is 6.07 Å². The molecule has 0 aliphatic heterocycles. The highest BCUT2D eigenvalue weighted by Gasteiger charge is 2.10. The first kappa shape index (κ1) is 15.6. The fourth-order valence-corrected chi connectivity index (χ4v) is 1.39. The fourth-order valence-electron chi connectivity index (χ4n) is 1.39. The number of hydrogen-bond donors (Lipinski definition) is 2. The lowest BCUT2D eigenvalue weighted by Gasteiger charge is -2.09. The van der Waals surface area contributed by atoms with E-state index in [4.69, 9.17) is 9.47 Å². The Balaban J connectivity index is 2.33. The zero-order valence-electron chi connectivity index (χ0n) is 11.1. The molecule has 19 heavy (non-hydrogen) atoms. The van der Waals surface area contributed by atoms with Crippen molar-refractivity contribution in [1.29, 1.82) is 0 Å². The third-order valence-corrected chi connectivity index (χ3v) is 2.36. The van der Waals surface area contributed by atoms with Crippen LogP contribution in [0.5, 0.6) is 0 Å². The van der Waals surface area contributed by atoms with E-state index in [9.17, 15) is 8.78 Å². The average molecular weight is 275 g/mol. The quantitative estimate of drug-likeness (QED) is 0.674. The van der Waals surface area contributed by atoms with E-state index in [1.165, 1.54) is 7.05 Å². The van der Waals surface area contributed by atoms with Gasteiger partial charge in [-0.3, -0.25) is 0 Å². The molecule has 0 atom stereocenters. The van der Waals surface area contributed by atoms with Gasteiger partial charge >= 0.3 is 0 Å². The average Bonchev–Trinajstić information content (AvgIpc) is 2.40. The van der Waals surface area contributed by atoms with Gasteiger partial charge in [-0.2, -0.15) is 0 Å². The van der Waals surface area contributed by atoms with Crippen molar-refractivity contribution in [3.05, 3.63) is 17.7 Å². The Morgan fingerprint density at radius 2 is 1.89 bits per heavy atom. The molecule has 108 valence electrons. The molecule has 0 aromatic carbocycles. The number of rotatable bonds is 9. The van der Waals surface area contributed by atoms with E-state index in [1.54, 1.807) is 7.11 Å². The van der Waals surface area contributed by atoms with Gasteiger partial charge in [-0.1, -0.05) is 0 Å². The summed E-state index contributed by atoms with van der Waals surface area (Å²) in [4.78, 5) is 3.80. The van der Waals surface area contributed by atoms with E-state index < -0.39 is 11.6 Å². The van der Waals surface area contributed by atoms with Gasteiger partial charge in [0.1, 0.15) is 0 Å². The van der Waals surface area contributed by atoms with Crippen LogP contribution in [0.25, 0.3) is 0 Å². The molecular formula is C12H19F2N3O2. The number of halogens is 2. The zero-order chi connectivity index (χ0) is 14.1. The minimum atomic E-state index is -0.714. The number of nitrogens with zero attached hydrogens (tertiary/aromatic N) is 1. The molecule has 7 heteroatoms. The number of pyridine rings is 1. The maximum atomic E-state index is 13.4. The van der Waals surface area contributed by atoms with Crippen molar-refractivity contribution in [3.8, 4) is 0 Å². The molecule has 1 rings (SSSR count). The smallest absolute Gasteiger partial charge is 0.168 e. The standard InChI is InChI=1S/C12H19F2N3O2/c1-15-11-9(13)8-10(14)12(17-11)16-4-3-5-19-7-6-18-2/h8H,3-7H2,1-2H3,(H2,15,16,17). The van der Waals surface area contributed by atoms with E-state index in [0.29, 0.717) is 32.8 Å². The van der Waals surface area contributed by atoms with Gasteiger partial charge in [-0.05, 0) is 6.42 Å². The molecule has 0 aliphatic carbocycles. The fraction of sp³-hybridized carbons (Fsp3) is 0.583. The maximum absolute atomic E-state index is 13.4. The van der Waals surface area contributed by atoms with Crippen LogP contribution in [-0.2, 0) is 9.47 Å². The van der Waals surface area contributed by atoms with Gasteiger partial charge < -0.3 is 20.1 Å². The lowest BCUT2D eigenvalue weighted by atomic mass is 10.3. The van der Waals surface area contributed by atoms with E-state index in [2.05, 4.69) is 15.6 Å². The molecule has 0 radical (unpaired) electrons. The molecule has 5 nitrogen and oxygen atoms in total. The monoisotopic (exact) mass is 275 g/mol. The summed E-state index contributed by atoms with van der Waals surface area (Å²) >= 11 is 0. The summed E-state index contributed by atoms with van der Waals surface area (Å²) in [6, 6.07) is 0.802. The minimum Gasteiger partial charge on any atom is -0.382 e. The van der Waals surface area contributed by atoms with Crippen molar-refractivity contribution in [1.82, 2.24) is 4.98 Å². The van der Waals surface area contributed by atoms with E-state index in [-0.39, 0.29) is 11.6 Å². The zero-order valence-corrected chi connectivity index (χ0v) is 11.1. The summed E-state index contributed by atoms with van der Waals surface area (Å²) in [7, 11) is 3.13. The van der Waals surface area contributed by atoms with Crippen molar-refractivity contribution in [2.75, 3.05) is 51.2 Å². The second-order valence-electron chi connectivity index (χ2n) is 3.78. The normalized spacial score (nSPS) is 10.5. The first-order valence-electron chi connectivity index (χ1n) is 6.03. The molecule has 2 N–H and O–H groups in total. The third-order valence-electron chi connectivity index (χ3n) is 2.36. The first-order chi connectivity index (χ1) is 9.19. The highest BCUT2D eigenvalue weighted by Crippen LogP contribution is 2.18. The van der Waals surface area contributed by atoms with Gasteiger partial charge in [-0.15, -0.1) is 0 Å². The number of aromatic nitrogens is 1. The van der Waals surface area contributed by atoms with Crippen molar-refractivity contribution in [3.63, 3.8) is 0 Å². The van der Waals surface area contributed by atoms with Gasteiger partial charge in [-0.25, -0.2) is 13.8 Å². The molecule has 0 unspecified atom stereocenters. The Labute approximate surface area is 111 Å². The molecule has 0 spiro atoms. The number of methoxy groups -OCH3 is 1. The highest BCUT2D eigenvalue weighted by atomic mass is 19.1. The third kappa shape index (κ3) is 5.35. The molecular weight excluding hydrogens is 256 g/mol. The second kappa shape index (κ2) is 8.60. The molecule has 0 saturated carbocycles. The largest absolute Gasteiger partial charge is 0.382 e. The van der Waals surface area contributed by atoms with Gasteiger partial charge in [0.2, 0.25) is 0 Å².